The maximum absolute atomic E-state index is 12.4. The molecule has 146 valence electrons. The van der Waals surface area contributed by atoms with Crippen LogP contribution in [-0.4, -0.2) is 42.2 Å². The fourth-order valence-electron chi connectivity index (χ4n) is 3.04. The van der Waals surface area contributed by atoms with Crippen LogP contribution in [-0.2, 0) is 4.79 Å². The highest BCUT2D eigenvalue weighted by atomic mass is 16.6. The van der Waals surface area contributed by atoms with E-state index in [4.69, 9.17) is 14.6 Å². The zero-order valence-electron chi connectivity index (χ0n) is 15.0. The van der Waals surface area contributed by atoms with Gasteiger partial charge in [0.25, 0.3) is 0 Å². The Kier molecular flexibility index (Phi) is 5.44. The van der Waals surface area contributed by atoms with Gasteiger partial charge in [-0.15, -0.1) is 0 Å². The van der Waals surface area contributed by atoms with E-state index >= 15 is 0 Å². The minimum absolute atomic E-state index is 0.0900. The van der Waals surface area contributed by atoms with Crippen LogP contribution in [0.1, 0.15) is 16.8 Å². The van der Waals surface area contributed by atoms with Crippen molar-refractivity contribution in [2.45, 2.75) is 6.42 Å². The monoisotopic (exact) mass is 386 g/mol. The number of nitrogens with zero attached hydrogens (tertiary/aromatic N) is 2. The molecule has 1 amide bonds. The maximum Gasteiger partial charge on any atom is 0.335 e. The molecule has 0 unspecified atom stereocenters. The molecule has 2 aromatic rings. The van der Waals surface area contributed by atoms with Gasteiger partial charge in [-0.2, -0.15) is 0 Å². The minimum Gasteiger partial charge on any atom is -0.493 e. The quantitative estimate of drug-likeness (QED) is 0.574. The molecule has 9 heteroatoms. The number of methoxy groups -OCH3 is 1. The Morgan fingerprint density at radius 2 is 2.00 bits per heavy atom. The molecule has 9 nitrogen and oxygen atoms in total. The van der Waals surface area contributed by atoms with Gasteiger partial charge in [-0.1, -0.05) is 0 Å². The number of anilines is 1. The Labute approximate surface area is 160 Å². The molecule has 0 aromatic heterocycles. The second-order valence-corrected chi connectivity index (χ2v) is 6.33. The van der Waals surface area contributed by atoms with Crippen molar-refractivity contribution in [1.29, 1.82) is 0 Å². The van der Waals surface area contributed by atoms with E-state index < -0.39 is 10.9 Å². The van der Waals surface area contributed by atoms with Gasteiger partial charge in [0.05, 0.1) is 29.9 Å². The number of carboxylic acids is 1. The largest absolute Gasteiger partial charge is 0.493 e. The van der Waals surface area contributed by atoms with Gasteiger partial charge in [0.1, 0.15) is 5.75 Å². The first kappa shape index (κ1) is 19.2. The van der Waals surface area contributed by atoms with Crippen molar-refractivity contribution in [2.24, 2.45) is 5.92 Å². The smallest absolute Gasteiger partial charge is 0.335 e. The van der Waals surface area contributed by atoms with Gasteiger partial charge in [-0.05, 0) is 36.4 Å². The molecule has 1 saturated heterocycles. The Morgan fingerprint density at radius 1 is 1.29 bits per heavy atom. The summed E-state index contributed by atoms with van der Waals surface area (Å²) in [6.07, 6.45) is 0.257. The number of carbonyl (C=O) groups excluding carboxylic acids is 1. The molecule has 28 heavy (non-hydrogen) atoms. The van der Waals surface area contributed by atoms with Crippen LogP contribution in [0.5, 0.6) is 11.5 Å². The highest BCUT2D eigenvalue weighted by molar-refractivity contribution is 5.96. The van der Waals surface area contributed by atoms with Crippen LogP contribution in [0, 0.1) is 16.0 Å². The van der Waals surface area contributed by atoms with Crippen LogP contribution in [0.25, 0.3) is 0 Å². The zero-order valence-corrected chi connectivity index (χ0v) is 15.0. The van der Waals surface area contributed by atoms with E-state index in [2.05, 4.69) is 0 Å². The fraction of sp³-hybridized carbons (Fsp3) is 0.263. The Balaban J connectivity index is 1.66. The topological polar surface area (TPSA) is 119 Å². The number of benzene rings is 2. The molecule has 3 rings (SSSR count). The molecular weight excluding hydrogens is 368 g/mol. The van der Waals surface area contributed by atoms with Crippen LogP contribution >= 0.6 is 0 Å². The molecule has 1 aliphatic rings. The summed E-state index contributed by atoms with van der Waals surface area (Å²) in [4.78, 5) is 35.3. The van der Waals surface area contributed by atoms with E-state index in [1.807, 2.05) is 0 Å². The number of nitro benzene ring substituents is 1. The predicted molar refractivity (Wildman–Crippen MR) is 99.0 cm³/mol. The Morgan fingerprint density at radius 3 is 2.61 bits per heavy atom. The van der Waals surface area contributed by atoms with Gasteiger partial charge in [-0.3, -0.25) is 14.9 Å². The van der Waals surface area contributed by atoms with Crippen LogP contribution in [0.3, 0.4) is 0 Å². The standard InChI is InChI=1S/C19H18N2O7/c1-27-17-7-4-14(9-16(17)21(25)26)20-10-12(8-18(20)22)11-28-15-5-2-13(3-6-15)19(23)24/h2-7,9,12H,8,10-11H2,1H3,(H,23,24)/t12-/m0/s1. The van der Waals surface area contributed by atoms with E-state index in [1.165, 1.54) is 36.3 Å². The Bertz CT molecular complexity index is 911. The number of nitro groups is 1. The van der Waals surface area contributed by atoms with Crippen LogP contribution in [0.15, 0.2) is 42.5 Å². The second kappa shape index (κ2) is 7.95. The summed E-state index contributed by atoms with van der Waals surface area (Å²) in [5.41, 5.74) is 0.396. The minimum atomic E-state index is -1.02. The second-order valence-electron chi connectivity index (χ2n) is 6.33. The van der Waals surface area contributed by atoms with Crippen molar-refractivity contribution < 1.29 is 29.1 Å². The summed E-state index contributed by atoms with van der Waals surface area (Å²) in [5.74, 6) is -0.611. The van der Waals surface area contributed by atoms with E-state index in [-0.39, 0.29) is 41.9 Å². The lowest BCUT2D eigenvalue weighted by Crippen LogP contribution is -2.25. The number of hydrogen-bond donors (Lipinski definition) is 1. The molecule has 1 aliphatic heterocycles. The lowest BCUT2D eigenvalue weighted by Gasteiger charge is -2.17. The number of rotatable bonds is 7. The molecule has 2 aromatic carbocycles. The molecule has 1 N–H and O–H groups in total. The molecular formula is C19H18N2O7. The van der Waals surface area contributed by atoms with Crippen molar-refractivity contribution in [2.75, 3.05) is 25.2 Å². The number of amides is 1. The molecule has 1 atom stereocenters. The average Bonchev–Trinajstić information content (AvgIpc) is 3.06. The summed E-state index contributed by atoms with van der Waals surface area (Å²) in [6.45, 7) is 0.641. The molecule has 0 aliphatic carbocycles. The van der Waals surface area contributed by atoms with Crippen molar-refractivity contribution in [3.8, 4) is 11.5 Å². The van der Waals surface area contributed by atoms with Crippen molar-refractivity contribution in [1.82, 2.24) is 0 Å². The third-order valence-corrected chi connectivity index (χ3v) is 4.46. The molecule has 1 heterocycles. The number of carbonyl (C=O) groups is 2. The zero-order chi connectivity index (χ0) is 20.3. The summed E-state index contributed by atoms with van der Waals surface area (Å²) in [7, 11) is 1.35. The third kappa shape index (κ3) is 4.03. The SMILES string of the molecule is COc1ccc(N2C[C@@H](COc3ccc(C(=O)O)cc3)CC2=O)cc1[N+](=O)[O-]. The summed E-state index contributed by atoms with van der Waals surface area (Å²) >= 11 is 0. The fourth-order valence-corrected chi connectivity index (χ4v) is 3.04. The van der Waals surface area contributed by atoms with Crippen LogP contribution in [0.4, 0.5) is 11.4 Å². The van der Waals surface area contributed by atoms with Gasteiger partial charge in [0, 0.05) is 24.9 Å². The van der Waals surface area contributed by atoms with Crippen molar-refractivity contribution in [3.05, 3.63) is 58.1 Å². The van der Waals surface area contributed by atoms with E-state index in [9.17, 15) is 19.7 Å². The van der Waals surface area contributed by atoms with E-state index in [1.54, 1.807) is 18.2 Å². The lowest BCUT2D eigenvalue weighted by atomic mass is 10.1. The number of ether oxygens (including phenoxy) is 2. The highest BCUT2D eigenvalue weighted by Gasteiger charge is 2.32. The van der Waals surface area contributed by atoms with Gasteiger partial charge in [0.2, 0.25) is 5.91 Å². The number of hydrogen-bond acceptors (Lipinski definition) is 6. The third-order valence-electron chi connectivity index (χ3n) is 4.46. The van der Waals surface area contributed by atoms with Gasteiger partial charge in [-0.25, -0.2) is 4.79 Å². The number of aromatic carboxylic acids is 1. The van der Waals surface area contributed by atoms with E-state index in [0.717, 1.165) is 0 Å². The van der Waals surface area contributed by atoms with Crippen LogP contribution < -0.4 is 14.4 Å². The Hall–Kier alpha value is -3.62. The summed E-state index contributed by atoms with van der Waals surface area (Å²) < 4.78 is 10.6. The van der Waals surface area contributed by atoms with Crippen LogP contribution in [0.2, 0.25) is 0 Å². The predicted octanol–water partition coefficient (Wildman–Crippen LogP) is 2.73. The van der Waals surface area contributed by atoms with Crippen molar-refractivity contribution >= 4 is 23.3 Å². The summed E-state index contributed by atoms with van der Waals surface area (Å²) in [5, 5.41) is 20.1. The molecule has 0 radical (unpaired) electrons. The molecule has 0 saturated carbocycles. The average molecular weight is 386 g/mol. The van der Waals surface area contributed by atoms with Gasteiger partial charge in [0.15, 0.2) is 5.75 Å². The number of carboxylic acid groups (broad SMARTS) is 1. The first-order chi connectivity index (χ1) is 13.4. The van der Waals surface area contributed by atoms with Crippen molar-refractivity contribution in [3.63, 3.8) is 0 Å². The lowest BCUT2D eigenvalue weighted by molar-refractivity contribution is -0.385. The van der Waals surface area contributed by atoms with Gasteiger partial charge < -0.3 is 19.5 Å². The van der Waals surface area contributed by atoms with E-state index in [0.29, 0.717) is 18.0 Å². The highest BCUT2D eigenvalue weighted by Crippen LogP contribution is 2.34. The summed E-state index contributed by atoms with van der Waals surface area (Å²) in [6, 6.07) is 10.4. The maximum atomic E-state index is 12.4. The molecule has 1 fully saturated rings. The van der Waals surface area contributed by atoms with Gasteiger partial charge >= 0.3 is 11.7 Å². The molecule has 0 bridgehead atoms. The normalized spacial score (nSPS) is 16.1. The first-order valence-corrected chi connectivity index (χ1v) is 8.48. The molecule has 0 spiro atoms. The first-order valence-electron chi connectivity index (χ1n) is 8.48.